The molecule has 29 heavy (non-hydrogen) atoms. The predicted molar refractivity (Wildman–Crippen MR) is 110 cm³/mol. The number of hydrazone groups is 1. The number of hydrogen-bond acceptors (Lipinski definition) is 6. The molecule has 0 aliphatic carbocycles. The summed E-state index contributed by atoms with van der Waals surface area (Å²) in [4.78, 5) is 40.0. The first-order valence-electron chi connectivity index (χ1n) is 9.01. The molecule has 0 radical (unpaired) electrons. The van der Waals surface area contributed by atoms with Gasteiger partial charge >= 0.3 is 0 Å². The van der Waals surface area contributed by atoms with Gasteiger partial charge in [0.2, 0.25) is 5.91 Å². The standard InChI is InChI=1S/C21H18ClN3O4/c1-11-13(22)7-6-9-14(11)25-19-17(18(23-25)12(2)26)20(27)24(21(19)28)15-8-4-5-10-16(15)29-3/h4-10,17,19H,1-3H3/t17-,19+/m1/s1. The maximum absolute atomic E-state index is 13.4. The minimum atomic E-state index is -0.983. The number of carbonyl (C=O) groups excluding carboxylic acids is 3. The minimum absolute atomic E-state index is 0.0603. The molecule has 2 aliphatic rings. The van der Waals surface area contributed by atoms with E-state index < -0.39 is 23.8 Å². The van der Waals surface area contributed by atoms with Crippen molar-refractivity contribution in [2.24, 2.45) is 11.0 Å². The first-order chi connectivity index (χ1) is 13.9. The van der Waals surface area contributed by atoms with E-state index in [1.807, 2.05) is 0 Å². The van der Waals surface area contributed by atoms with Gasteiger partial charge in [-0.3, -0.25) is 19.4 Å². The molecule has 2 heterocycles. The molecular weight excluding hydrogens is 394 g/mol. The lowest BCUT2D eigenvalue weighted by atomic mass is 9.95. The topological polar surface area (TPSA) is 79.3 Å². The molecule has 0 saturated carbocycles. The Bertz CT molecular complexity index is 1080. The van der Waals surface area contributed by atoms with Gasteiger partial charge in [0, 0.05) is 11.9 Å². The Morgan fingerprint density at radius 1 is 1.07 bits per heavy atom. The number of ether oxygens (including phenoxy) is 1. The van der Waals surface area contributed by atoms with Gasteiger partial charge in [-0.1, -0.05) is 29.8 Å². The molecule has 0 unspecified atom stereocenters. The van der Waals surface area contributed by atoms with Crippen LogP contribution in [0.1, 0.15) is 12.5 Å². The Morgan fingerprint density at radius 3 is 2.45 bits per heavy atom. The Labute approximate surface area is 172 Å². The summed E-state index contributed by atoms with van der Waals surface area (Å²) in [5, 5.41) is 6.30. The third-order valence-corrected chi connectivity index (χ3v) is 5.63. The second kappa shape index (κ2) is 7.00. The van der Waals surface area contributed by atoms with Gasteiger partial charge in [0.15, 0.2) is 5.78 Å². The summed E-state index contributed by atoms with van der Waals surface area (Å²) in [5.74, 6) is -1.92. The quantitative estimate of drug-likeness (QED) is 0.722. The molecule has 0 spiro atoms. The fourth-order valence-electron chi connectivity index (χ4n) is 3.80. The van der Waals surface area contributed by atoms with Crippen LogP contribution >= 0.6 is 11.6 Å². The molecule has 0 N–H and O–H groups in total. The van der Waals surface area contributed by atoms with Crippen molar-refractivity contribution in [3.63, 3.8) is 0 Å². The summed E-state index contributed by atoms with van der Waals surface area (Å²) in [5.41, 5.74) is 1.68. The van der Waals surface area contributed by atoms with E-state index in [9.17, 15) is 14.4 Å². The third-order valence-electron chi connectivity index (χ3n) is 5.22. The molecule has 1 fully saturated rings. The average molecular weight is 412 g/mol. The molecule has 4 rings (SSSR count). The highest BCUT2D eigenvalue weighted by Gasteiger charge is 2.58. The van der Waals surface area contributed by atoms with Crippen LogP contribution in [0.15, 0.2) is 47.6 Å². The molecule has 148 valence electrons. The number of Topliss-reactive ketones (excluding diaryl/α,β-unsaturated/α-hetero) is 1. The normalized spacial score (nSPS) is 20.8. The largest absolute Gasteiger partial charge is 0.495 e. The lowest BCUT2D eigenvalue weighted by Crippen LogP contribution is -2.39. The number of methoxy groups -OCH3 is 1. The van der Waals surface area contributed by atoms with Crippen molar-refractivity contribution in [3.05, 3.63) is 53.1 Å². The van der Waals surface area contributed by atoms with Crippen molar-refractivity contribution in [3.8, 4) is 5.75 Å². The van der Waals surface area contributed by atoms with Crippen molar-refractivity contribution >= 4 is 46.3 Å². The number of benzene rings is 2. The van der Waals surface area contributed by atoms with Crippen LogP contribution in [-0.2, 0) is 14.4 Å². The van der Waals surface area contributed by atoms with E-state index in [4.69, 9.17) is 16.3 Å². The summed E-state index contributed by atoms with van der Waals surface area (Å²) in [6, 6.07) is 11.0. The first kappa shape index (κ1) is 19.1. The zero-order valence-corrected chi connectivity index (χ0v) is 16.8. The number of amides is 2. The van der Waals surface area contributed by atoms with E-state index in [1.165, 1.54) is 19.0 Å². The van der Waals surface area contributed by atoms with E-state index in [0.717, 1.165) is 4.90 Å². The van der Waals surface area contributed by atoms with Crippen LogP contribution in [0.4, 0.5) is 11.4 Å². The number of hydrogen-bond donors (Lipinski definition) is 0. The lowest BCUT2D eigenvalue weighted by Gasteiger charge is -2.24. The minimum Gasteiger partial charge on any atom is -0.495 e. The molecule has 7 nitrogen and oxygen atoms in total. The molecule has 2 atom stereocenters. The lowest BCUT2D eigenvalue weighted by molar-refractivity contribution is -0.122. The van der Waals surface area contributed by atoms with Crippen molar-refractivity contribution in [1.29, 1.82) is 0 Å². The van der Waals surface area contributed by atoms with Gasteiger partial charge in [0.25, 0.3) is 5.91 Å². The number of rotatable bonds is 4. The number of carbonyl (C=O) groups is 3. The number of para-hydroxylation sites is 2. The summed E-state index contributed by atoms with van der Waals surface area (Å²) in [7, 11) is 1.47. The monoisotopic (exact) mass is 411 g/mol. The maximum Gasteiger partial charge on any atom is 0.260 e. The Hall–Kier alpha value is -3.19. The summed E-state index contributed by atoms with van der Waals surface area (Å²) >= 11 is 6.24. The van der Waals surface area contributed by atoms with Gasteiger partial charge in [-0.15, -0.1) is 0 Å². The van der Waals surface area contributed by atoms with Crippen LogP contribution < -0.4 is 14.6 Å². The summed E-state index contributed by atoms with van der Waals surface area (Å²) < 4.78 is 5.32. The van der Waals surface area contributed by atoms with Crippen molar-refractivity contribution in [2.75, 3.05) is 17.0 Å². The highest BCUT2D eigenvalue weighted by atomic mass is 35.5. The molecule has 2 aromatic rings. The van der Waals surface area contributed by atoms with Crippen molar-refractivity contribution < 1.29 is 19.1 Å². The van der Waals surface area contributed by atoms with Crippen LogP contribution in [-0.4, -0.2) is 36.5 Å². The predicted octanol–water partition coefficient (Wildman–Crippen LogP) is 2.98. The second-order valence-corrected chi connectivity index (χ2v) is 7.28. The smallest absolute Gasteiger partial charge is 0.260 e. The number of fused-ring (bicyclic) bond motifs is 1. The zero-order valence-electron chi connectivity index (χ0n) is 16.0. The summed E-state index contributed by atoms with van der Waals surface area (Å²) in [6.45, 7) is 3.14. The molecule has 2 aliphatic heterocycles. The Morgan fingerprint density at radius 2 is 1.76 bits per heavy atom. The molecule has 8 heteroatoms. The molecule has 0 aromatic heterocycles. The number of nitrogens with zero attached hydrogens (tertiary/aromatic N) is 3. The van der Waals surface area contributed by atoms with Gasteiger partial charge in [0.05, 0.1) is 18.5 Å². The van der Waals surface area contributed by atoms with Gasteiger partial charge < -0.3 is 4.74 Å². The van der Waals surface area contributed by atoms with Crippen LogP contribution in [0.5, 0.6) is 5.75 Å². The molecule has 0 bridgehead atoms. The van der Waals surface area contributed by atoms with E-state index in [-0.39, 0.29) is 11.5 Å². The van der Waals surface area contributed by atoms with E-state index in [1.54, 1.807) is 49.4 Å². The Kier molecular flexibility index (Phi) is 4.62. The molecular formula is C21H18ClN3O4. The van der Waals surface area contributed by atoms with Crippen LogP contribution in [0.25, 0.3) is 0 Å². The number of anilines is 2. The molecule has 2 amide bonds. The highest BCUT2D eigenvalue weighted by molar-refractivity contribution is 6.49. The number of imide groups is 1. The SMILES string of the molecule is COc1ccccc1N1C(=O)[C@@H]2C(C(C)=O)=NN(c3cccc(Cl)c3C)[C@@H]2C1=O. The van der Waals surface area contributed by atoms with E-state index in [0.29, 0.717) is 27.7 Å². The van der Waals surface area contributed by atoms with Crippen molar-refractivity contribution in [2.45, 2.75) is 19.9 Å². The molecule has 2 aromatic carbocycles. The second-order valence-electron chi connectivity index (χ2n) is 6.88. The fraction of sp³-hybridized carbons (Fsp3) is 0.238. The van der Waals surface area contributed by atoms with Gasteiger partial charge in [-0.2, -0.15) is 5.10 Å². The summed E-state index contributed by atoms with van der Waals surface area (Å²) in [6.07, 6.45) is 0. The van der Waals surface area contributed by atoms with Crippen LogP contribution in [0.3, 0.4) is 0 Å². The van der Waals surface area contributed by atoms with Crippen LogP contribution in [0.2, 0.25) is 5.02 Å². The van der Waals surface area contributed by atoms with Crippen LogP contribution in [0, 0.1) is 12.8 Å². The first-order valence-corrected chi connectivity index (χ1v) is 9.39. The van der Waals surface area contributed by atoms with E-state index >= 15 is 0 Å². The number of halogens is 1. The van der Waals surface area contributed by atoms with E-state index in [2.05, 4.69) is 5.10 Å². The van der Waals surface area contributed by atoms with Crippen molar-refractivity contribution in [1.82, 2.24) is 0 Å². The third kappa shape index (κ3) is 2.81. The number of ketones is 1. The van der Waals surface area contributed by atoms with Gasteiger partial charge in [-0.25, -0.2) is 4.90 Å². The van der Waals surface area contributed by atoms with Gasteiger partial charge in [-0.05, 0) is 36.8 Å². The maximum atomic E-state index is 13.4. The molecule has 1 saturated heterocycles. The highest BCUT2D eigenvalue weighted by Crippen LogP contribution is 2.41. The average Bonchev–Trinajstić information content (AvgIpc) is 3.21. The van der Waals surface area contributed by atoms with Gasteiger partial charge in [0.1, 0.15) is 23.4 Å². The Balaban J connectivity index is 1.86. The fourth-order valence-corrected chi connectivity index (χ4v) is 3.97. The zero-order chi connectivity index (χ0) is 20.9.